The standard InChI is InChI=1S/C11H16BrNO/c1-2-13-10(7-8-3-4-8)9-5-6-14-11(9)12/h5-6,8,10,13H,2-4,7H2,1H3. The average molecular weight is 258 g/mol. The molecule has 1 aromatic rings. The summed E-state index contributed by atoms with van der Waals surface area (Å²) in [7, 11) is 0. The predicted molar refractivity (Wildman–Crippen MR) is 60.2 cm³/mol. The van der Waals surface area contributed by atoms with E-state index in [1.54, 1.807) is 6.26 Å². The average Bonchev–Trinajstić information content (AvgIpc) is 2.87. The summed E-state index contributed by atoms with van der Waals surface area (Å²) in [6, 6.07) is 2.51. The highest BCUT2D eigenvalue weighted by Crippen LogP contribution is 2.39. The van der Waals surface area contributed by atoms with Crippen LogP contribution >= 0.6 is 15.9 Å². The minimum absolute atomic E-state index is 0.459. The van der Waals surface area contributed by atoms with Gasteiger partial charge < -0.3 is 9.73 Å². The van der Waals surface area contributed by atoms with Crippen molar-refractivity contribution in [2.45, 2.75) is 32.2 Å². The highest BCUT2D eigenvalue weighted by atomic mass is 79.9. The predicted octanol–water partition coefficient (Wildman–Crippen LogP) is 3.49. The fourth-order valence-corrected chi connectivity index (χ4v) is 2.32. The van der Waals surface area contributed by atoms with Crippen molar-refractivity contribution in [1.82, 2.24) is 5.32 Å². The van der Waals surface area contributed by atoms with Crippen molar-refractivity contribution in [2.75, 3.05) is 6.54 Å². The van der Waals surface area contributed by atoms with Crippen LogP contribution < -0.4 is 5.32 Å². The Bertz CT molecular complexity index is 293. The first-order valence-corrected chi connectivity index (χ1v) is 6.06. The van der Waals surface area contributed by atoms with Gasteiger partial charge in [-0.3, -0.25) is 0 Å². The van der Waals surface area contributed by atoms with Crippen molar-refractivity contribution in [2.24, 2.45) is 5.92 Å². The Hall–Kier alpha value is -0.280. The zero-order valence-electron chi connectivity index (χ0n) is 8.42. The molecule has 1 fully saturated rings. The molecular formula is C11H16BrNO. The van der Waals surface area contributed by atoms with E-state index in [1.807, 2.05) is 0 Å². The summed E-state index contributed by atoms with van der Waals surface area (Å²) in [5, 5.41) is 3.51. The smallest absolute Gasteiger partial charge is 0.173 e. The van der Waals surface area contributed by atoms with Gasteiger partial charge in [0.05, 0.1) is 6.26 Å². The Morgan fingerprint density at radius 3 is 2.93 bits per heavy atom. The zero-order valence-corrected chi connectivity index (χ0v) is 10.0. The van der Waals surface area contributed by atoms with Gasteiger partial charge in [-0.1, -0.05) is 19.8 Å². The third kappa shape index (κ3) is 2.39. The molecule has 0 spiro atoms. The molecule has 1 aliphatic carbocycles. The van der Waals surface area contributed by atoms with E-state index in [0.717, 1.165) is 17.1 Å². The molecule has 0 aromatic carbocycles. The van der Waals surface area contributed by atoms with Crippen molar-refractivity contribution in [3.05, 3.63) is 22.6 Å². The molecule has 2 rings (SSSR count). The van der Waals surface area contributed by atoms with Crippen molar-refractivity contribution in [1.29, 1.82) is 0 Å². The lowest BCUT2D eigenvalue weighted by atomic mass is 10.0. The molecule has 14 heavy (non-hydrogen) atoms. The first-order chi connectivity index (χ1) is 6.81. The molecule has 0 saturated heterocycles. The minimum Gasteiger partial charge on any atom is -0.457 e. The number of hydrogen-bond acceptors (Lipinski definition) is 2. The molecule has 1 atom stereocenters. The van der Waals surface area contributed by atoms with E-state index in [0.29, 0.717) is 6.04 Å². The van der Waals surface area contributed by atoms with E-state index in [-0.39, 0.29) is 0 Å². The van der Waals surface area contributed by atoms with Gasteiger partial charge in [0.15, 0.2) is 4.67 Å². The topological polar surface area (TPSA) is 25.2 Å². The molecule has 2 nitrogen and oxygen atoms in total. The van der Waals surface area contributed by atoms with Gasteiger partial charge in [-0.05, 0) is 40.9 Å². The SMILES string of the molecule is CCNC(CC1CC1)c1ccoc1Br. The van der Waals surface area contributed by atoms with E-state index in [4.69, 9.17) is 4.42 Å². The van der Waals surface area contributed by atoms with E-state index in [2.05, 4.69) is 34.2 Å². The second-order valence-corrected chi connectivity index (χ2v) is 4.66. The molecule has 0 aliphatic heterocycles. The van der Waals surface area contributed by atoms with Crippen LogP contribution in [0.25, 0.3) is 0 Å². The van der Waals surface area contributed by atoms with Crippen LogP contribution in [0.3, 0.4) is 0 Å². The van der Waals surface area contributed by atoms with Crippen LogP contribution in [0.15, 0.2) is 21.4 Å². The first kappa shape index (κ1) is 10.2. The Morgan fingerprint density at radius 1 is 1.64 bits per heavy atom. The highest BCUT2D eigenvalue weighted by molar-refractivity contribution is 9.10. The van der Waals surface area contributed by atoms with Crippen LogP contribution in [0.4, 0.5) is 0 Å². The van der Waals surface area contributed by atoms with Gasteiger partial charge >= 0.3 is 0 Å². The fourth-order valence-electron chi connectivity index (χ4n) is 1.81. The number of rotatable bonds is 5. The molecular weight excluding hydrogens is 242 g/mol. The van der Waals surface area contributed by atoms with E-state index in [9.17, 15) is 0 Å². The third-order valence-electron chi connectivity index (χ3n) is 2.74. The summed E-state index contributed by atoms with van der Waals surface area (Å²) < 4.78 is 6.15. The normalized spacial score (nSPS) is 18.4. The third-order valence-corrected chi connectivity index (χ3v) is 3.38. The molecule has 1 heterocycles. The van der Waals surface area contributed by atoms with E-state index in [1.165, 1.54) is 24.8 Å². The summed E-state index contributed by atoms with van der Waals surface area (Å²) in [4.78, 5) is 0. The molecule has 0 radical (unpaired) electrons. The van der Waals surface area contributed by atoms with E-state index >= 15 is 0 Å². The molecule has 78 valence electrons. The van der Waals surface area contributed by atoms with E-state index < -0.39 is 0 Å². The van der Waals surface area contributed by atoms with Gasteiger partial charge in [-0.2, -0.15) is 0 Å². The van der Waals surface area contributed by atoms with Gasteiger partial charge in [0.1, 0.15) is 0 Å². The van der Waals surface area contributed by atoms with Gasteiger partial charge in [-0.25, -0.2) is 0 Å². The molecule has 1 aliphatic rings. The van der Waals surface area contributed by atoms with Crippen molar-refractivity contribution < 1.29 is 4.42 Å². The molecule has 1 unspecified atom stereocenters. The summed E-state index contributed by atoms with van der Waals surface area (Å²) in [5.41, 5.74) is 1.26. The summed E-state index contributed by atoms with van der Waals surface area (Å²) in [6.07, 6.45) is 5.79. The quantitative estimate of drug-likeness (QED) is 0.874. The molecule has 0 amide bonds. The molecule has 1 aromatic heterocycles. The summed E-state index contributed by atoms with van der Waals surface area (Å²) in [5.74, 6) is 0.931. The second-order valence-electron chi connectivity index (χ2n) is 3.94. The lowest BCUT2D eigenvalue weighted by molar-refractivity contribution is 0.469. The summed E-state index contributed by atoms with van der Waals surface area (Å²) in [6.45, 7) is 3.16. The van der Waals surface area contributed by atoms with Gasteiger partial charge in [0.2, 0.25) is 0 Å². The first-order valence-electron chi connectivity index (χ1n) is 5.27. The molecule has 1 N–H and O–H groups in total. The molecule has 0 bridgehead atoms. The maximum atomic E-state index is 5.27. The Kier molecular flexibility index (Phi) is 3.29. The molecule has 1 saturated carbocycles. The Morgan fingerprint density at radius 2 is 2.43 bits per heavy atom. The minimum atomic E-state index is 0.459. The van der Waals surface area contributed by atoms with Crippen LogP contribution in [-0.2, 0) is 0 Å². The molecule has 3 heteroatoms. The lowest BCUT2D eigenvalue weighted by Crippen LogP contribution is -2.21. The van der Waals surface area contributed by atoms with Crippen molar-refractivity contribution in [3.8, 4) is 0 Å². The fraction of sp³-hybridized carbons (Fsp3) is 0.636. The Balaban J connectivity index is 2.04. The zero-order chi connectivity index (χ0) is 9.97. The maximum Gasteiger partial charge on any atom is 0.173 e. The van der Waals surface area contributed by atoms with Crippen LogP contribution in [0, 0.1) is 5.92 Å². The van der Waals surface area contributed by atoms with Crippen LogP contribution in [-0.4, -0.2) is 6.54 Å². The highest BCUT2D eigenvalue weighted by Gasteiger charge is 2.27. The van der Waals surface area contributed by atoms with Crippen molar-refractivity contribution >= 4 is 15.9 Å². The number of hydrogen-bond donors (Lipinski definition) is 1. The van der Waals surface area contributed by atoms with Crippen molar-refractivity contribution in [3.63, 3.8) is 0 Å². The van der Waals surface area contributed by atoms with Crippen LogP contribution in [0.1, 0.15) is 37.8 Å². The van der Waals surface area contributed by atoms with Gasteiger partial charge in [-0.15, -0.1) is 0 Å². The summed E-state index contributed by atoms with van der Waals surface area (Å²) >= 11 is 3.44. The maximum absolute atomic E-state index is 5.27. The lowest BCUT2D eigenvalue weighted by Gasteiger charge is -2.16. The van der Waals surface area contributed by atoms with Gasteiger partial charge in [0, 0.05) is 11.6 Å². The largest absolute Gasteiger partial charge is 0.457 e. The number of halogens is 1. The number of nitrogens with one attached hydrogen (secondary N) is 1. The van der Waals surface area contributed by atoms with Crippen LogP contribution in [0.5, 0.6) is 0 Å². The Labute approximate surface area is 93.2 Å². The second kappa shape index (κ2) is 4.49. The number of furan rings is 1. The van der Waals surface area contributed by atoms with Gasteiger partial charge in [0.25, 0.3) is 0 Å². The monoisotopic (exact) mass is 257 g/mol. The van der Waals surface area contributed by atoms with Crippen LogP contribution in [0.2, 0.25) is 0 Å².